The van der Waals surface area contributed by atoms with Gasteiger partial charge in [-0.1, -0.05) is 5.16 Å². The van der Waals surface area contributed by atoms with E-state index in [4.69, 9.17) is 14.0 Å². The van der Waals surface area contributed by atoms with Crippen molar-refractivity contribution in [1.29, 1.82) is 0 Å². The number of aliphatic imine (C=N–C) groups is 1. The number of benzene rings is 1. The molecule has 9 heteroatoms. The molecule has 0 aliphatic heterocycles. The lowest BCUT2D eigenvalue weighted by atomic mass is 10.2. The second kappa shape index (κ2) is 11.1. The van der Waals surface area contributed by atoms with Gasteiger partial charge in [-0.15, -0.1) is 24.0 Å². The molecule has 3 rings (SSSR count). The van der Waals surface area contributed by atoms with Crippen molar-refractivity contribution in [3.8, 4) is 11.5 Å². The van der Waals surface area contributed by atoms with Gasteiger partial charge < -0.3 is 24.6 Å². The van der Waals surface area contributed by atoms with Crippen LogP contribution in [0.1, 0.15) is 43.0 Å². The summed E-state index contributed by atoms with van der Waals surface area (Å²) in [7, 11) is 3.39. The molecule has 2 aromatic rings. The number of nitrogens with one attached hydrogen (secondary N) is 2. The van der Waals surface area contributed by atoms with Crippen LogP contribution in [0, 0.1) is 6.92 Å². The Bertz CT molecular complexity index is 775. The number of guanidine groups is 1. The summed E-state index contributed by atoms with van der Waals surface area (Å²) >= 11 is 0. The minimum absolute atomic E-state index is 0. The molecule has 0 amide bonds. The first kappa shape index (κ1) is 22.3. The normalized spacial score (nSPS) is 14.5. The molecule has 1 saturated carbocycles. The zero-order valence-corrected chi connectivity index (χ0v) is 18.9. The summed E-state index contributed by atoms with van der Waals surface area (Å²) in [6, 6.07) is 5.91. The molecule has 0 bridgehead atoms. The van der Waals surface area contributed by atoms with Gasteiger partial charge in [-0.2, -0.15) is 4.98 Å². The SMILES string of the molecule is CN=C(NCc1noc(C)n1)NCc1ccc(OC)cc1OC1CCCC1.I. The number of hydrogen-bond acceptors (Lipinski definition) is 6. The van der Waals surface area contributed by atoms with E-state index in [2.05, 4.69) is 25.8 Å². The Balaban J connectivity index is 0.00000280. The Kier molecular flexibility index (Phi) is 8.81. The second-order valence-electron chi connectivity index (χ2n) is 6.51. The monoisotopic (exact) mass is 501 g/mol. The first-order valence-corrected chi connectivity index (χ1v) is 9.25. The van der Waals surface area contributed by atoms with E-state index in [0.717, 1.165) is 29.9 Å². The van der Waals surface area contributed by atoms with Crippen LogP contribution in [0.3, 0.4) is 0 Å². The fourth-order valence-corrected chi connectivity index (χ4v) is 3.08. The minimum Gasteiger partial charge on any atom is -0.497 e. The summed E-state index contributed by atoms with van der Waals surface area (Å²) in [6.45, 7) is 2.78. The van der Waals surface area contributed by atoms with E-state index in [1.54, 1.807) is 21.1 Å². The highest BCUT2D eigenvalue weighted by Crippen LogP contribution is 2.29. The van der Waals surface area contributed by atoms with Gasteiger partial charge >= 0.3 is 0 Å². The van der Waals surface area contributed by atoms with Crippen molar-refractivity contribution >= 4 is 29.9 Å². The predicted molar refractivity (Wildman–Crippen MR) is 117 cm³/mol. The van der Waals surface area contributed by atoms with E-state index < -0.39 is 0 Å². The van der Waals surface area contributed by atoms with Crippen molar-refractivity contribution in [3.63, 3.8) is 0 Å². The summed E-state index contributed by atoms with van der Waals surface area (Å²) in [5, 5.41) is 10.3. The molecule has 1 aliphatic carbocycles. The maximum atomic E-state index is 6.23. The number of ether oxygens (including phenoxy) is 2. The Morgan fingerprint density at radius 3 is 2.64 bits per heavy atom. The van der Waals surface area contributed by atoms with Crippen molar-refractivity contribution in [3.05, 3.63) is 35.5 Å². The van der Waals surface area contributed by atoms with E-state index >= 15 is 0 Å². The number of methoxy groups -OCH3 is 1. The van der Waals surface area contributed by atoms with Crippen LogP contribution in [0.4, 0.5) is 0 Å². The topological polar surface area (TPSA) is 93.8 Å². The highest BCUT2D eigenvalue weighted by Gasteiger charge is 2.18. The molecule has 0 unspecified atom stereocenters. The maximum Gasteiger partial charge on any atom is 0.223 e. The highest BCUT2D eigenvalue weighted by molar-refractivity contribution is 14.0. The van der Waals surface area contributed by atoms with Gasteiger partial charge in [0.2, 0.25) is 5.89 Å². The molecule has 0 saturated heterocycles. The van der Waals surface area contributed by atoms with E-state index in [9.17, 15) is 0 Å². The zero-order chi connectivity index (χ0) is 19.1. The fraction of sp³-hybridized carbons (Fsp3) is 0.526. The summed E-state index contributed by atoms with van der Waals surface area (Å²) < 4.78 is 16.6. The number of nitrogens with zero attached hydrogens (tertiary/aromatic N) is 3. The van der Waals surface area contributed by atoms with Gasteiger partial charge in [0.05, 0.1) is 19.8 Å². The predicted octanol–water partition coefficient (Wildman–Crippen LogP) is 3.19. The molecule has 1 heterocycles. The Morgan fingerprint density at radius 1 is 1.25 bits per heavy atom. The second-order valence-corrected chi connectivity index (χ2v) is 6.51. The average Bonchev–Trinajstić information content (AvgIpc) is 3.34. The molecule has 28 heavy (non-hydrogen) atoms. The molecule has 1 aromatic carbocycles. The summed E-state index contributed by atoms with van der Waals surface area (Å²) in [5.41, 5.74) is 1.06. The quantitative estimate of drug-likeness (QED) is 0.342. The molecule has 154 valence electrons. The van der Waals surface area contributed by atoms with Crippen LogP contribution < -0.4 is 20.1 Å². The Hall–Kier alpha value is -2.04. The highest BCUT2D eigenvalue weighted by atomic mass is 127. The van der Waals surface area contributed by atoms with E-state index in [1.807, 2.05) is 18.2 Å². The average molecular weight is 501 g/mol. The Morgan fingerprint density at radius 2 is 2.00 bits per heavy atom. The van der Waals surface area contributed by atoms with Gasteiger partial charge in [0.1, 0.15) is 11.5 Å². The number of hydrogen-bond donors (Lipinski definition) is 2. The first-order chi connectivity index (χ1) is 13.2. The summed E-state index contributed by atoms with van der Waals surface area (Å²) in [6.07, 6.45) is 4.96. The molecule has 2 N–H and O–H groups in total. The molecule has 0 atom stereocenters. The van der Waals surface area contributed by atoms with E-state index in [1.165, 1.54) is 12.8 Å². The van der Waals surface area contributed by atoms with Crippen LogP contribution in [0.2, 0.25) is 0 Å². The minimum atomic E-state index is 0. The number of halogens is 1. The Labute approximate surface area is 182 Å². The van der Waals surface area contributed by atoms with Crippen LogP contribution in [0.15, 0.2) is 27.7 Å². The van der Waals surface area contributed by atoms with Gasteiger partial charge in [0.25, 0.3) is 0 Å². The van der Waals surface area contributed by atoms with Crippen molar-refractivity contribution < 1.29 is 14.0 Å². The molecule has 1 fully saturated rings. The smallest absolute Gasteiger partial charge is 0.223 e. The van der Waals surface area contributed by atoms with Crippen molar-refractivity contribution in [2.75, 3.05) is 14.2 Å². The molecule has 1 aromatic heterocycles. The third kappa shape index (κ3) is 6.25. The third-order valence-electron chi connectivity index (χ3n) is 4.52. The molecule has 0 radical (unpaired) electrons. The lowest BCUT2D eigenvalue weighted by molar-refractivity contribution is 0.207. The molecule has 8 nitrogen and oxygen atoms in total. The molecular weight excluding hydrogens is 473 g/mol. The van der Waals surface area contributed by atoms with E-state index in [0.29, 0.717) is 30.8 Å². The molecule has 0 spiro atoms. The van der Waals surface area contributed by atoms with Crippen LogP contribution in [-0.2, 0) is 13.1 Å². The van der Waals surface area contributed by atoms with Gasteiger partial charge in [0, 0.05) is 32.1 Å². The maximum absolute atomic E-state index is 6.23. The van der Waals surface area contributed by atoms with Gasteiger partial charge in [-0.3, -0.25) is 4.99 Å². The molecular formula is C19H28IN5O3. The largest absolute Gasteiger partial charge is 0.497 e. The lowest BCUT2D eigenvalue weighted by Crippen LogP contribution is -2.36. The third-order valence-corrected chi connectivity index (χ3v) is 4.52. The van der Waals surface area contributed by atoms with Crippen LogP contribution in [-0.4, -0.2) is 36.4 Å². The van der Waals surface area contributed by atoms with Crippen LogP contribution in [0.5, 0.6) is 11.5 Å². The van der Waals surface area contributed by atoms with E-state index in [-0.39, 0.29) is 30.1 Å². The van der Waals surface area contributed by atoms with Crippen molar-refractivity contribution in [1.82, 2.24) is 20.8 Å². The fourth-order valence-electron chi connectivity index (χ4n) is 3.08. The summed E-state index contributed by atoms with van der Waals surface area (Å²) in [5.74, 6) is 3.44. The lowest BCUT2D eigenvalue weighted by Gasteiger charge is -2.18. The number of aryl methyl sites for hydroxylation is 1. The molecule has 1 aliphatic rings. The van der Waals surface area contributed by atoms with Gasteiger partial charge in [0.15, 0.2) is 11.8 Å². The number of aromatic nitrogens is 2. The summed E-state index contributed by atoms with van der Waals surface area (Å²) in [4.78, 5) is 8.40. The van der Waals surface area contributed by atoms with Crippen molar-refractivity contribution in [2.24, 2.45) is 4.99 Å². The van der Waals surface area contributed by atoms with Crippen molar-refractivity contribution in [2.45, 2.75) is 51.8 Å². The number of rotatable bonds is 7. The van der Waals surface area contributed by atoms with Crippen LogP contribution in [0.25, 0.3) is 0 Å². The first-order valence-electron chi connectivity index (χ1n) is 9.25. The van der Waals surface area contributed by atoms with Crippen LogP contribution >= 0.6 is 24.0 Å². The van der Waals surface area contributed by atoms with Gasteiger partial charge in [-0.05, 0) is 37.8 Å². The van der Waals surface area contributed by atoms with Gasteiger partial charge in [-0.25, -0.2) is 0 Å². The zero-order valence-electron chi connectivity index (χ0n) is 16.5. The standard InChI is InChI=1S/C19H27N5O3.HI/c1-13-23-18(24-27-13)12-22-19(20-2)21-11-14-8-9-16(25-3)10-17(14)26-15-6-4-5-7-15;/h8-10,15H,4-7,11-12H2,1-3H3,(H2,20,21,22);1H.